The minimum absolute atomic E-state index is 0.0540. The van der Waals surface area contributed by atoms with Gasteiger partial charge in [0.15, 0.2) is 0 Å². The lowest BCUT2D eigenvalue weighted by Crippen LogP contribution is -2.48. The number of rotatable bonds is 5. The van der Waals surface area contributed by atoms with Crippen molar-refractivity contribution in [3.8, 4) is 0 Å². The smallest absolute Gasteiger partial charge is 0.481 e. The van der Waals surface area contributed by atoms with E-state index in [4.69, 9.17) is 19.7 Å². The highest BCUT2D eigenvalue weighted by Crippen LogP contribution is 2.27. The highest BCUT2D eigenvalue weighted by atomic mass is 19.4. The Hall–Kier alpha value is -2.86. The van der Waals surface area contributed by atoms with Crippen LogP contribution in [0.5, 0.6) is 0 Å². The van der Waals surface area contributed by atoms with Gasteiger partial charge < -0.3 is 25.6 Å². The van der Waals surface area contributed by atoms with Crippen LogP contribution in [0.1, 0.15) is 31.4 Å². The fourth-order valence-electron chi connectivity index (χ4n) is 3.31. The monoisotopic (exact) mass is 461 g/mol. The minimum atomic E-state index is -5.08. The lowest BCUT2D eigenvalue weighted by Gasteiger charge is -2.33. The first kappa shape index (κ1) is 25.4. The molecule has 1 saturated carbocycles. The van der Waals surface area contributed by atoms with Crippen molar-refractivity contribution < 1.29 is 42.5 Å². The average Bonchev–Trinajstić information content (AvgIpc) is 2.70. The van der Waals surface area contributed by atoms with Crippen LogP contribution in [-0.4, -0.2) is 71.6 Å². The molecule has 0 radical (unpaired) electrons. The number of hydrogen-bond acceptors (Lipinski definition) is 5. The number of urea groups is 1. The Kier molecular flexibility index (Phi) is 8.84. The Morgan fingerprint density at radius 1 is 1.09 bits per heavy atom. The molecular weight excluding hydrogens is 435 g/mol. The summed E-state index contributed by atoms with van der Waals surface area (Å²) < 4.78 is 37.1. The summed E-state index contributed by atoms with van der Waals surface area (Å²) in [6.45, 7) is 5.59. The number of morpholine rings is 1. The zero-order chi connectivity index (χ0) is 23.9. The van der Waals surface area contributed by atoms with Crippen LogP contribution in [0, 0.1) is 5.92 Å². The van der Waals surface area contributed by atoms with E-state index in [1.165, 1.54) is 5.56 Å². The van der Waals surface area contributed by atoms with Crippen molar-refractivity contribution in [1.82, 2.24) is 10.2 Å². The molecule has 1 aliphatic carbocycles. The molecule has 4 N–H and O–H groups in total. The average molecular weight is 461 g/mol. The summed E-state index contributed by atoms with van der Waals surface area (Å²) in [5, 5.41) is 21.6. The predicted octanol–water partition coefficient (Wildman–Crippen LogP) is 2.70. The van der Waals surface area contributed by atoms with Gasteiger partial charge in [0.2, 0.25) is 0 Å². The number of halogens is 3. The number of hydrogen-bond donors (Lipinski definition) is 4. The molecule has 1 unspecified atom stereocenters. The van der Waals surface area contributed by atoms with Crippen LogP contribution in [0.4, 0.5) is 23.7 Å². The van der Waals surface area contributed by atoms with Gasteiger partial charge >= 0.3 is 24.1 Å². The third kappa shape index (κ3) is 7.68. The summed E-state index contributed by atoms with van der Waals surface area (Å²) >= 11 is 0. The highest BCUT2D eigenvalue weighted by molar-refractivity contribution is 5.89. The summed E-state index contributed by atoms with van der Waals surface area (Å²) in [6, 6.07) is 7.82. The highest BCUT2D eigenvalue weighted by Gasteiger charge is 2.38. The number of ether oxygens (including phenoxy) is 1. The molecule has 1 aromatic rings. The Labute approximate surface area is 182 Å². The van der Waals surface area contributed by atoms with E-state index in [1.54, 1.807) is 0 Å². The lowest BCUT2D eigenvalue weighted by molar-refractivity contribution is -0.192. The summed E-state index contributed by atoms with van der Waals surface area (Å²) in [6.07, 6.45) is -4.09. The van der Waals surface area contributed by atoms with Crippen LogP contribution in [0.3, 0.4) is 0 Å². The number of carbonyl (C=O) groups excluding carboxylic acids is 1. The van der Waals surface area contributed by atoms with Crippen molar-refractivity contribution in [3.05, 3.63) is 29.8 Å². The van der Waals surface area contributed by atoms with Gasteiger partial charge in [0.25, 0.3) is 0 Å². The van der Waals surface area contributed by atoms with E-state index < -0.39 is 18.1 Å². The molecule has 1 atom stereocenters. The van der Waals surface area contributed by atoms with E-state index in [9.17, 15) is 22.8 Å². The first-order valence-electron chi connectivity index (χ1n) is 9.99. The molecule has 12 heteroatoms. The molecule has 1 aliphatic heterocycles. The molecule has 1 saturated heterocycles. The van der Waals surface area contributed by atoms with E-state index in [0.29, 0.717) is 18.9 Å². The van der Waals surface area contributed by atoms with Crippen LogP contribution < -0.4 is 10.6 Å². The third-order valence-corrected chi connectivity index (χ3v) is 5.31. The summed E-state index contributed by atoms with van der Waals surface area (Å²) in [4.78, 5) is 34.0. The Bertz CT molecular complexity index is 791. The maximum Gasteiger partial charge on any atom is 0.490 e. The fourth-order valence-corrected chi connectivity index (χ4v) is 3.31. The van der Waals surface area contributed by atoms with E-state index >= 15 is 0 Å². The number of nitrogens with zero attached hydrogens (tertiary/aromatic N) is 1. The number of carbonyl (C=O) groups is 3. The fraction of sp³-hybridized carbons (Fsp3) is 0.550. The van der Waals surface area contributed by atoms with Gasteiger partial charge in [0, 0.05) is 30.9 Å². The van der Waals surface area contributed by atoms with Gasteiger partial charge in [-0.3, -0.25) is 9.69 Å². The van der Waals surface area contributed by atoms with Crippen molar-refractivity contribution in [1.29, 1.82) is 0 Å². The number of anilines is 1. The van der Waals surface area contributed by atoms with Crippen LogP contribution in [-0.2, 0) is 14.3 Å². The van der Waals surface area contributed by atoms with Crippen molar-refractivity contribution >= 4 is 23.7 Å². The van der Waals surface area contributed by atoms with Gasteiger partial charge in [-0.05, 0) is 37.5 Å². The quantitative estimate of drug-likeness (QED) is 0.531. The molecule has 0 aromatic heterocycles. The van der Waals surface area contributed by atoms with Crippen LogP contribution in [0.2, 0.25) is 0 Å². The second-order valence-electron chi connectivity index (χ2n) is 7.55. The van der Waals surface area contributed by atoms with E-state index in [2.05, 4.69) is 22.5 Å². The van der Waals surface area contributed by atoms with Gasteiger partial charge in [-0.25, -0.2) is 9.59 Å². The van der Waals surface area contributed by atoms with Gasteiger partial charge in [0.1, 0.15) is 0 Å². The first-order chi connectivity index (χ1) is 15.0. The number of amides is 2. The zero-order valence-electron chi connectivity index (χ0n) is 17.4. The Balaban J connectivity index is 0.000000451. The standard InChI is InChI=1S/C18H25N3O4.C2HF3O2/c1-12(21-6-8-25-9-7-21)13-2-4-15(5-3-13)19-18(24)20-16-10-14(11-16)17(22)23;3-2(4,5)1(6)7/h2-5,12,14,16H,6-11H2,1H3,(H,22,23)(H2,19,20,24);(H,6,7). The molecule has 1 aromatic carbocycles. The maximum absolute atomic E-state index is 12.0. The molecule has 9 nitrogen and oxygen atoms in total. The minimum Gasteiger partial charge on any atom is -0.481 e. The third-order valence-electron chi connectivity index (χ3n) is 5.31. The molecule has 0 spiro atoms. The molecule has 0 bridgehead atoms. The van der Waals surface area contributed by atoms with Crippen molar-refractivity contribution in [2.45, 2.75) is 38.0 Å². The predicted molar refractivity (Wildman–Crippen MR) is 107 cm³/mol. The van der Waals surface area contributed by atoms with Crippen molar-refractivity contribution in [3.63, 3.8) is 0 Å². The van der Waals surface area contributed by atoms with Gasteiger partial charge in [0.05, 0.1) is 19.1 Å². The van der Waals surface area contributed by atoms with Crippen molar-refractivity contribution in [2.24, 2.45) is 5.92 Å². The second-order valence-corrected chi connectivity index (χ2v) is 7.55. The van der Waals surface area contributed by atoms with Crippen molar-refractivity contribution in [2.75, 3.05) is 31.6 Å². The normalized spacial score (nSPS) is 21.9. The second kappa shape index (κ2) is 11.1. The van der Waals surface area contributed by atoms with Gasteiger partial charge in [-0.2, -0.15) is 13.2 Å². The van der Waals surface area contributed by atoms with Crippen LogP contribution in [0.15, 0.2) is 24.3 Å². The number of aliphatic carboxylic acids is 2. The number of carboxylic acids is 2. The van der Waals surface area contributed by atoms with Gasteiger partial charge in [-0.1, -0.05) is 12.1 Å². The molecule has 178 valence electrons. The Morgan fingerprint density at radius 3 is 2.09 bits per heavy atom. The van der Waals surface area contributed by atoms with E-state index in [0.717, 1.165) is 32.0 Å². The van der Waals surface area contributed by atoms with Crippen LogP contribution >= 0.6 is 0 Å². The topological polar surface area (TPSA) is 128 Å². The molecule has 2 aliphatic rings. The molecule has 1 heterocycles. The SMILES string of the molecule is CC(c1ccc(NC(=O)NC2CC(C(=O)O)C2)cc1)N1CCOCC1.O=C(O)C(F)(F)F. The van der Waals surface area contributed by atoms with E-state index in [1.807, 2.05) is 24.3 Å². The molecular formula is C20H26F3N3O6. The number of carboxylic acid groups (broad SMARTS) is 2. The maximum atomic E-state index is 12.0. The molecule has 32 heavy (non-hydrogen) atoms. The zero-order valence-corrected chi connectivity index (χ0v) is 17.4. The first-order valence-corrected chi connectivity index (χ1v) is 9.99. The number of nitrogens with one attached hydrogen (secondary N) is 2. The van der Waals surface area contributed by atoms with Crippen LogP contribution in [0.25, 0.3) is 0 Å². The summed E-state index contributed by atoms with van der Waals surface area (Å²) in [5.74, 6) is -3.87. The number of benzene rings is 1. The Morgan fingerprint density at radius 2 is 1.62 bits per heavy atom. The molecule has 3 rings (SSSR count). The van der Waals surface area contributed by atoms with E-state index in [-0.39, 0.29) is 18.0 Å². The van der Waals surface area contributed by atoms with Gasteiger partial charge in [-0.15, -0.1) is 0 Å². The summed E-state index contributed by atoms with van der Waals surface area (Å²) in [5.41, 5.74) is 1.93. The molecule has 2 fully saturated rings. The molecule has 2 amide bonds. The summed E-state index contributed by atoms with van der Waals surface area (Å²) in [7, 11) is 0. The lowest BCUT2D eigenvalue weighted by atomic mass is 9.80. The number of alkyl halides is 3. The largest absolute Gasteiger partial charge is 0.490 e.